The van der Waals surface area contributed by atoms with Crippen LogP contribution in [0.3, 0.4) is 0 Å². The van der Waals surface area contributed by atoms with Crippen LogP contribution in [0.2, 0.25) is 0 Å². The summed E-state index contributed by atoms with van der Waals surface area (Å²) in [5, 5.41) is 3.27. The molecule has 4 aromatic carbocycles. The van der Waals surface area contributed by atoms with Gasteiger partial charge in [-0.3, -0.25) is 9.59 Å². The van der Waals surface area contributed by atoms with Gasteiger partial charge in [-0.2, -0.15) is 0 Å². The first kappa shape index (κ1) is 46.9. The molecule has 0 N–H and O–H groups in total. The van der Waals surface area contributed by atoms with Crippen molar-refractivity contribution in [1.29, 1.82) is 0 Å². The second-order valence-electron chi connectivity index (χ2n) is 18.0. The largest absolute Gasteiger partial charge is 0.495 e. The molecule has 0 bridgehead atoms. The quantitative estimate of drug-likeness (QED) is 0.0504. The van der Waals surface area contributed by atoms with Gasteiger partial charge in [0.1, 0.15) is 17.9 Å². The van der Waals surface area contributed by atoms with Gasteiger partial charge >= 0.3 is 26.2 Å². The third-order valence-corrected chi connectivity index (χ3v) is 12.5. The van der Waals surface area contributed by atoms with Gasteiger partial charge in [0.05, 0.1) is 28.3 Å². The molecule has 4 aromatic rings. The lowest BCUT2D eigenvalue weighted by molar-refractivity contribution is -0.224. The molecule has 2 saturated heterocycles. The maximum atomic E-state index is 14.3. The Bertz CT molecular complexity index is 2330. The zero-order valence-corrected chi connectivity index (χ0v) is 38.4. The van der Waals surface area contributed by atoms with Crippen LogP contribution in [0.15, 0.2) is 60.7 Å². The van der Waals surface area contributed by atoms with Gasteiger partial charge in [-0.15, -0.1) is 0 Å². The van der Waals surface area contributed by atoms with Crippen LogP contribution in [0.1, 0.15) is 112 Å². The molecular weight excluding hydrogens is 790 g/mol. The summed E-state index contributed by atoms with van der Waals surface area (Å²) in [5.74, 6) is 3.86. The standard InChI is InChI=1S/C48H60B2O12/c1-14-36(37-23-17-22-33-26-35(56-30-54-13)28-39(42(33)37)50-61-46(7,8)47(9,10)62-50)43(52)58-48(11,15-2)57-40(51)24-18-20-31-19-16-21-32-25-34(55-29-53-12)27-38(41(31)32)49-59-44(3,4)45(5,6)60-49/h16-17,19,21-23,25-28,36H,14-15,24,29-30H2,1-13H3. The van der Waals surface area contributed by atoms with Crippen molar-refractivity contribution < 1.29 is 56.6 Å². The van der Waals surface area contributed by atoms with Crippen molar-refractivity contribution in [2.75, 3.05) is 27.8 Å². The number of benzene rings is 4. The predicted octanol–water partition coefficient (Wildman–Crippen LogP) is 7.70. The minimum absolute atomic E-state index is 0.0523. The van der Waals surface area contributed by atoms with Crippen LogP contribution in [0.25, 0.3) is 21.5 Å². The highest BCUT2D eigenvalue weighted by molar-refractivity contribution is 6.66. The molecule has 2 aliphatic rings. The lowest BCUT2D eigenvalue weighted by Crippen LogP contribution is -2.41. The molecule has 62 heavy (non-hydrogen) atoms. The molecule has 14 heteroatoms. The van der Waals surface area contributed by atoms with Gasteiger partial charge in [-0.05, 0) is 130 Å². The molecule has 2 heterocycles. The van der Waals surface area contributed by atoms with Crippen LogP contribution in [-0.4, -0.2) is 82.2 Å². The Morgan fingerprint density at radius 1 is 0.694 bits per heavy atom. The van der Waals surface area contributed by atoms with E-state index in [0.717, 1.165) is 32.6 Å². The molecule has 0 aliphatic carbocycles. The van der Waals surface area contributed by atoms with E-state index in [2.05, 4.69) is 11.8 Å². The zero-order chi connectivity index (χ0) is 45.3. The van der Waals surface area contributed by atoms with E-state index in [9.17, 15) is 9.59 Å². The summed E-state index contributed by atoms with van der Waals surface area (Å²) in [6, 6.07) is 19.0. The maximum Gasteiger partial charge on any atom is 0.495 e. The fourth-order valence-electron chi connectivity index (χ4n) is 7.47. The molecule has 0 aromatic heterocycles. The average molecular weight is 851 g/mol. The smallest absolute Gasteiger partial charge is 0.468 e. The van der Waals surface area contributed by atoms with Crippen LogP contribution in [0.5, 0.6) is 11.5 Å². The maximum absolute atomic E-state index is 14.3. The lowest BCUT2D eigenvalue weighted by atomic mass is 9.73. The second kappa shape index (κ2) is 18.2. The monoisotopic (exact) mass is 850 g/mol. The molecule has 2 aliphatic heterocycles. The molecule has 0 saturated carbocycles. The zero-order valence-electron chi connectivity index (χ0n) is 38.4. The van der Waals surface area contributed by atoms with E-state index < -0.39 is 60.3 Å². The van der Waals surface area contributed by atoms with Crippen LogP contribution < -0.4 is 20.4 Å². The molecule has 6 rings (SSSR count). The van der Waals surface area contributed by atoms with Gasteiger partial charge in [0.15, 0.2) is 13.6 Å². The number of methoxy groups -OCH3 is 2. The molecule has 12 nitrogen and oxygen atoms in total. The van der Waals surface area contributed by atoms with Crippen molar-refractivity contribution >= 4 is 58.6 Å². The Hall–Kier alpha value is -4.61. The SMILES string of the molecule is CCC(C(=O)OC(C)(CC)OC(=O)CC#Cc1cccc2cc(OCOC)cc(B3OC(C)(C)C(C)(C)O3)c12)c1cccc2cc(OCOC)cc(B3OC(C)(C)C(C)(C)O3)c12. The number of carbonyl (C=O) groups is 2. The highest BCUT2D eigenvalue weighted by Crippen LogP contribution is 2.40. The Kier molecular flexibility index (Phi) is 13.8. The minimum atomic E-state index is -1.56. The minimum Gasteiger partial charge on any atom is -0.468 e. The van der Waals surface area contributed by atoms with E-state index in [-0.39, 0.29) is 26.4 Å². The van der Waals surface area contributed by atoms with E-state index in [1.54, 1.807) is 28.1 Å². The summed E-state index contributed by atoms with van der Waals surface area (Å²) < 4.78 is 60.0. The number of rotatable bonds is 15. The van der Waals surface area contributed by atoms with E-state index in [0.29, 0.717) is 28.9 Å². The molecule has 0 radical (unpaired) electrons. The summed E-state index contributed by atoms with van der Waals surface area (Å²) in [4.78, 5) is 27.7. The van der Waals surface area contributed by atoms with E-state index in [4.69, 9.17) is 47.0 Å². The third kappa shape index (κ3) is 9.64. The molecule has 0 spiro atoms. The number of carbonyl (C=O) groups excluding carboxylic acids is 2. The van der Waals surface area contributed by atoms with E-state index in [1.165, 1.54) is 0 Å². The van der Waals surface area contributed by atoms with Crippen LogP contribution in [0, 0.1) is 11.8 Å². The van der Waals surface area contributed by atoms with Crippen molar-refractivity contribution in [3.8, 4) is 23.3 Å². The van der Waals surface area contributed by atoms with Gasteiger partial charge in [-0.1, -0.05) is 56.0 Å². The topological polar surface area (TPSA) is 126 Å². The Morgan fingerprint density at radius 3 is 1.66 bits per heavy atom. The summed E-state index contributed by atoms with van der Waals surface area (Å²) in [6.07, 6.45) is 0.355. The highest BCUT2D eigenvalue weighted by atomic mass is 16.7. The van der Waals surface area contributed by atoms with Gasteiger partial charge in [0, 0.05) is 33.1 Å². The van der Waals surface area contributed by atoms with Crippen LogP contribution in [0.4, 0.5) is 0 Å². The molecule has 330 valence electrons. The van der Waals surface area contributed by atoms with Gasteiger partial charge in [-0.25, -0.2) is 0 Å². The molecule has 2 fully saturated rings. The van der Waals surface area contributed by atoms with Crippen molar-refractivity contribution in [1.82, 2.24) is 0 Å². The van der Waals surface area contributed by atoms with Crippen molar-refractivity contribution in [2.24, 2.45) is 0 Å². The third-order valence-electron chi connectivity index (χ3n) is 12.5. The summed E-state index contributed by atoms with van der Waals surface area (Å²) in [5.41, 5.74) is 0.453. The lowest BCUT2D eigenvalue weighted by Gasteiger charge is -2.32. The predicted molar refractivity (Wildman–Crippen MR) is 240 cm³/mol. The number of ether oxygens (including phenoxy) is 6. The molecule has 0 amide bonds. The average Bonchev–Trinajstić information content (AvgIpc) is 3.57. The Labute approximate surface area is 366 Å². The Morgan fingerprint density at radius 2 is 1.18 bits per heavy atom. The fourth-order valence-corrected chi connectivity index (χ4v) is 7.47. The summed E-state index contributed by atoms with van der Waals surface area (Å²) in [7, 11) is 1.67. The number of hydrogen-bond donors (Lipinski definition) is 0. The van der Waals surface area contributed by atoms with E-state index in [1.807, 2.05) is 123 Å². The summed E-state index contributed by atoms with van der Waals surface area (Å²) in [6.45, 7) is 21.4. The fraction of sp³-hybridized carbons (Fsp3) is 0.500. The Balaban J connectivity index is 1.24. The second-order valence-corrected chi connectivity index (χ2v) is 18.0. The first-order chi connectivity index (χ1) is 29.2. The van der Waals surface area contributed by atoms with E-state index >= 15 is 0 Å². The van der Waals surface area contributed by atoms with Crippen molar-refractivity contribution in [3.63, 3.8) is 0 Å². The number of fused-ring (bicyclic) bond motifs is 2. The molecule has 2 unspecified atom stereocenters. The first-order valence-electron chi connectivity index (χ1n) is 21.2. The number of hydrogen-bond acceptors (Lipinski definition) is 12. The molecule has 2 atom stereocenters. The van der Waals surface area contributed by atoms with Crippen molar-refractivity contribution in [3.05, 3.63) is 71.8 Å². The number of esters is 2. The van der Waals surface area contributed by atoms with Gasteiger partial charge < -0.3 is 47.0 Å². The van der Waals surface area contributed by atoms with Crippen LogP contribution >= 0.6 is 0 Å². The van der Waals surface area contributed by atoms with Crippen molar-refractivity contribution in [2.45, 2.75) is 130 Å². The summed E-state index contributed by atoms with van der Waals surface area (Å²) >= 11 is 0. The van der Waals surface area contributed by atoms with Crippen LogP contribution in [-0.2, 0) is 47.2 Å². The van der Waals surface area contributed by atoms with Gasteiger partial charge in [0.25, 0.3) is 5.79 Å². The first-order valence-corrected chi connectivity index (χ1v) is 21.2. The highest BCUT2D eigenvalue weighted by Gasteiger charge is 2.53. The normalized spacial score (nSPS) is 18.8. The van der Waals surface area contributed by atoms with Gasteiger partial charge in [0.2, 0.25) is 0 Å². The molecular formula is C48H60B2O12.